The van der Waals surface area contributed by atoms with Crippen molar-refractivity contribution in [3.8, 4) is 11.1 Å². The Morgan fingerprint density at radius 2 is 1.89 bits per heavy atom. The van der Waals surface area contributed by atoms with Crippen molar-refractivity contribution in [2.75, 3.05) is 32.8 Å². The maximum atomic E-state index is 12.8. The van der Waals surface area contributed by atoms with Crippen LogP contribution in [0.25, 0.3) is 11.1 Å². The van der Waals surface area contributed by atoms with Gasteiger partial charge in [0.25, 0.3) is 10.2 Å². The molecule has 2 aromatic rings. The van der Waals surface area contributed by atoms with E-state index in [-0.39, 0.29) is 6.54 Å². The van der Waals surface area contributed by atoms with Crippen molar-refractivity contribution in [1.82, 2.24) is 23.6 Å². The summed E-state index contributed by atoms with van der Waals surface area (Å²) >= 11 is 0. The second-order valence-corrected chi connectivity index (χ2v) is 8.29. The summed E-state index contributed by atoms with van der Waals surface area (Å²) in [6, 6.07) is 3.87. The first kappa shape index (κ1) is 19.8. The molecule has 1 aliphatic heterocycles. The summed E-state index contributed by atoms with van der Waals surface area (Å²) in [7, 11) is -3.50. The summed E-state index contributed by atoms with van der Waals surface area (Å²) in [5, 5.41) is 0. The molecule has 0 saturated carbocycles. The van der Waals surface area contributed by atoms with Gasteiger partial charge in [-0.05, 0) is 24.6 Å². The van der Waals surface area contributed by atoms with Crippen LogP contribution in [0.3, 0.4) is 0 Å². The fraction of sp³-hybridized carbons (Fsp3) is 0.500. The van der Waals surface area contributed by atoms with E-state index >= 15 is 0 Å². The molecule has 146 valence electrons. The molecule has 0 spiro atoms. The predicted octanol–water partition coefficient (Wildman–Crippen LogP) is 1.81. The van der Waals surface area contributed by atoms with Crippen LogP contribution in [0.15, 0.2) is 30.9 Å². The van der Waals surface area contributed by atoms with Crippen molar-refractivity contribution in [3.63, 3.8) is 0 Å². The Labute approximate surface area is 160 Å². The number of nitrogens with zero attached hydrogens (tertiary/aromatic N) is 5. The highest BCUT2D eigenvalue weighted by molar-refractivity contribution is 7.86. The van der Waals surface area contributed by atoms with Crippen LogP contribution < -0.4 is 0 Å². The lowest BCUT2D eigenvalue weighted by Gasteiger charge is -2.35. The van der Waals surface area contributed by atoms with E-state index in [1.165, 1.54) is 14.9 Å². The zero-order valence-electron chi connectivity index (χ0n) is 15.9. The normalized spacial score (nSPS) is 18.7. The van der Waals surface area contributed by atoms with E-state index in [1.807, 2.05) is 32.9 Å². The SMILES string of the molecule is CCN(CC)S(=O)(=O)N1CCOC(c2cc(-c3cncnc3)cc(C)n2)C1. The highest BCUT2D eigenvalue weighted by atomic mass is 32.2. The van der Waals surface area contributed by atoms with Gasteiger partial charge in [0.05, 0.1) is 12.3 Å². The molecule has 1 fully saturated rings. The Morgan fingerprint density at radius 1 is 1.19 bits per heavy atom. The van der Waals surface area contributed by atoms with E-state index in [0.717, 1.165) is 16.8 Å². The Kier molecular flexibility index (Phi) is 6.15. The van der Waals surface area contributed by atoms with Gasteiger partial charge in [-0.2, -0.15) is 17.0 Å². The Balaban J connectivity index is 1.88. The van der Waals surface area contributed by atoms with Gasteiger partial charge in [-0.15, -0.1) is 0 Å². The van der Waals surface area contributed by atoms with Gasteiger partial charge in [-0.25, -0.2) is 9.97 Å². The van der Waals surface area contributed by atoms with Crippen LogP contribution in [0.2, 0.25) is 0 Å². The lowest BCUT2D eigenvalue weighted by atomic mass is 10.1. The Hall–Kier alpha value is -1.94. The van der Waals surface area contributed by atoms with Crippen LogP contribution in [0, 0.1) is 6.92 Å². The van der Waals surface area contributed by atoms with Crippen LogP contribution in [0.4, 0.5) is 0 Å². The summed E-state index contributed by atoms with van der Waals surface area (Å²) in [5.74, 6) is 0. The van der Waals surface area contributed by atoms with E-state index < -0.39 is 16.3 Å². The van der Waals surface area contributed by atoms with E-state index in [9.17, 15) is 8.42 Å². The van der Waals surface area contributed by atoms with Crippen molar-refractivity contribution in [3.05, 3.63) is 42.2 Å². The second kappa shape index (κ2) is 8.39. The molecule has 3 rings (SSSR count). The molecular weight excluding hydrogens is 366 g/mol. The molecule has 0 aliphatic carbocycles. The molecule has 0 N–H and O–H groups in total. The van der Waals surface area contributed by atoms with E-state index in [4.69, 9.17) is 4.74 Å². The maximum absolute atomic E-state index is 12.8. The molecule has 1 atom stereocenters. The van der Waals surface area contributed by atoms with Gasteiger partial charge in [0.15, 0.2) is 0 Å². The quantitative estimate of drug-likeness (QED) is 0.746. The minimum Gasteiger partial charge on any atom is -0.369 e. The number of pyridine rings is 1. The second-order valence-electron chi connectivity index (χ2n) is 6.36. The van der Waals surface area contributed by atoms with E-state index in [1.54, 1.807) is 12.4 Å². The number of aromatic nitrogens is 3. The van der Waals surface area contributed by atoms with Crippen molar-refractivity contribution < 1.29 is 13.2 Å². The van der Waals surface area contributed by atoms with Crippen molar-refractivity contribution in [2.24, 2.45) is 0 Å². The van der Waals surface area contributed by atoms with E-state index in [0.29, 0.717) is 31.9 Å². The van der Waals surface area contributed by atoms with Crippen LogP contribution in [-0.2, 0) is 14.9 Å². The third-order valence-electron chi connectivity index (χ3n) is 4.58. The molecule has 1 unspecified atom stereocenters. The van der Waals surface area contributed by atoms with Gasteiger partial charge >= 0.3 is 0 Å². The van der Waals surface area contributed by atoms with Crippen molar-refractivity contribution in [1.29, 1.82) is 0 Å². The minimum absolute atomic E-state index is 0.250. The summed E-state index contributed by atoms with van der Waals surface area (Å²) < 4.78 is 34.5. The van der Waals surface area contributed by atoms with Crippen LogP contribution >= 0.6 is 0 Å². The van der Waals surface area contributed by atoms with Gasteiger partial charge in [0.1, 0.15) is 12.4 Å². The average molecular weight is 391 g/mol. The Bertz CT molecular complexity index is 872. The number of rotatable bonds is 6. The van der Waals surface area contributed by atoms with Crippen LogP contribution in [0.5, 0.6) is 0 Å². The predicted molar refractivity (Wildman–Crippen MR) is 102 cm³/mol. The molecule has 0 amide bonds. The molecule has 3 heterocycles. The van der Waals surface area contributed by atoms with Gasteiger partial charge in [0.2, 0.25) is 0 Å². The smallest absolute Gasteiger partial charge is 0.282 e. The largest absolute Gasteiger partial charge is 0.369 e. The standard InChI is InChI=1S/C18H25N5O3S/c1-4-22(5-2)27(24,25)23-6-7-26-18(12-23)17-9-15(8-14(3)21-17)16-10-19-13-20-11-16/h8-11,13,18H,4-7,12H2,1-3H3. The molecule has 1 saturated heterocycles. The lowest BCUT2D eigenvalue weighted by molar-refractivity contribution is -0.00662. The first-order valence-corrected chi connectivity index (χ1v) is 10.5. The number of aryl methyl sites for hydroxylation is 1. The zero-order valence-corrected chi connectivity index (χ0v) is 16.7. The number of hydrogen-bond donors (Lipinski definition) is 0. The highest BCUT2D eigenvalue weighted by Crippen LogP contribution is 2.27. The third kappa shape index (κ3) is 4.32. The van der Waals surface area contributed by atoms with Crippen molar-refractivity contribution >= 4 is 10.2 Å². The summed E-state index contributed by atoms with van der Waals surface area (Å²) in [4.78, 5) is 12.7. The molecular formula is C18H25N5O3S. The molecule has 0 radical (unpaired) electrons. The monoisotopic (exact) mass is 391 g/mol. The third-order valence-corrected chi connectivity index (χ3v) is 6.74. The molecule has 8 nitrogen and oxygen atoms in total. The number of hydrogen-bond acceptors (Lipinski definition) is 6. The molecule has 2 aromatic heterocycles. The fourth-order valence-corrected chi connectivity index (χ4v) is 4.81. The molecule has 0 aromatic carbocycles. The highest BCUT2D eigenvalue weighted by Gasteiger charge is 2.34. The minimum atomic E-state index is -3.50. The first-order valence-electron chi connectivity index (χ1n) is 9.06. The fourth-order valence-electron chi connectivity index (χ4n) is 3.20. The van der Waals surface area contributed by atoms with Crippen LogP contribution in [0.1, 0.15) is 31.3 Å². The maximum Gasteiger partial charge on any atom is 0.282 e. The summed E-state index contributed by atoms with van der Waals surface area (Å²) in [5.41, 5.74) is 3.37. The summed E-state index contributed by atoms with van der Waals surface area (Å²) in [6.45, 7) is 7.42. The zero-order chi connectivity index (χ0) is 19.4. The van der Waals surface area contributed by atoms with Crippen LogP contribution in [-0.4, -0.2) is 64.8 Å². The van der Waals surface area contributed by atoms with Crippen molar-refractivity contribution in [2.45, 2.75) is 26.9 Å². The average Bonchev–Trinajstić information content (AvgIpc) is 2.69. The molecule has 1 aliphatic rings. The molecule has 0 bridgehead atoms. The number of ether oxygens (including phenoxy) is 1. The first-order chi connectivity index (χ1) is 13.0. The van der Waals surface area contributed by atoms with Gasteiger partial charge in [0, 0.05) is 49.8 Å². The van der Waals surface area contributed by atoms with E-state index in [2.05, 4.69) is 15.0 Å². The van der Waals surface area contributed by atoms with Gasteiger partial charge < -0.3 is 4.74 Å². The van der Waals surface area contributed by atoms with Gasteiger partial charge in [-0.1, -0.05) is 13.8 Å². The number of morpholine rings is 1. The van der Waals surface area contributed by atoms with Gasteiger partial charge in [-0.3, -0.25) is 4.98 Å². The molecule has 9 heteroatoms. The molecule has 27 heavy (non-hydrogen) atoms. The lowest BCUT2D eigenvalue weighted by Crippen LogP contribution is -2.49. The summed E-state index contributed by atoms with van der Waals surface area (Å²) in [6.07, 6.45) is 4.56. The Morgan fingerprint density at radius 3 is 2.56 bits per heavy atom. The topological polar surface area (TPSA) is 88.5 Å².